The van der Waals surface area contributed by atoms with Gasteiger partial charge < -0.3 is 19.6 Å². The summed E-state index contributed by atoms with van der Waals surface area (Å²) < 4.78 is 34.4. The highest BCUT2D eigenvalue weighted by Gasteiger charge is 2.26. The number of nitrogens with zero attached hydrogens (tertiary/aromatic N) is 4. The number of carbonyl (C=O) groups is 1. The van der Waals surface area contributed by atoms with Crippen molar-refractivity contribution < 1.29 is 23.4 Å². The number of β-amino-alcohol motifs (C(OH)–C–C–N with tert-alkyl or cyclic N) is 1. The molecule has 1 unspecified atom stereocenters. The molecule has 0 aliphatic carbocycles. The van der Waals surface area contributed by atoms with Crippen LogP contribution >= 0.6 is 0 Å². The van der Waals surface area contributed by atoms with Crippen molar-refractivity contribution in [2.45, 2.75) is 51.3 Å². The number of amides is 1. The number of aliphatic hydroxyl groups is 1. The number of halogens is 2. The highest BCUT2D eigenvalue weighted by molar-refractivity contribution is 5.95. The Hall–Kier alpha value is -2.65. The predicted octanol–water partition coefficient (Wildman–Crippen LogP) is 3.72. The minimum Gasteiger partial charge on any atom is -0.490 e. The standard InChI is InChI=1S/C26H34F2N4O3/c1-26(2,28)17-31-10-7-18(8-11-31)16-35-21-13-29-24(30-14-21)19-5-6-22(23(27)12-19)25(34)32-9-3-4-20(33)15-32/h5-6,12-14,18,20,33H,3-4,7-11,15-17H2,1-2H3. The molecule has 2 fully saturated rings. The van der Waals surface area contributed by atoms with Crippen LogP contribution in [0.25, 0.3) is 11.4 Å². The smallest absolute Gasteiger partial charge is 0.256 e. The van der Waals surface area contributed by atoms with E-state index in [1.54, 1.807) is 32.3 Å². The first-order chi connectivity index (χ1) is 16.7. The lowest BCUT2D eigenvalue weighted by atomic mass is 9.97. The number of carbonyl (C=O) groups excluding carboxylic acids is 1. The molecule has 1 aromatic carbocycles. The van der Waals surface area contributed by atoms with E-state index in [1.807, 2.05) is 0 Å². The summed E-state index contributed by atoms with van der Waals surface area (Å²) in [7, 11) is 0. The summed E-state index contributed by atoms with van der Waals surface area (Å²) in [6.45, 7) is 6.67. The highest BCUT2D eigenvalue weighted by Crippen LogP contribution is 2.24. The fourth-order valence-corrected chi connectivity index (χ4v) is 4.73. The van der Waals surface area contributed by atoms with Crippen LogP contribution in [0.3, 0.4) is 0 Å². The number of benzene rings is 1. The van der Waals surface area contributed by atoms with Crippen molar-refractivity contribution in [2.75, 3.05) is 39.3 Å². The number of alkyl halides is 1. The average Bonchev–Trinajstić information content (AvgIpc) is 2.82. The first-order valence-electron chi connectivity index (χ1n) is 12.3. The Morgan fingerprint density at radius 3 is 2.51 bits per heavy atom. The molecule has 190 valence electrons. The van der Waals surface area contributed by atoms with Gasteiger partial charge in [0.15, 0.2) is 11.6 Å². The Morgan fingerprint density at radius 2 is 1.89 bits per heavy atom. The van der Waals surface area contributed by atoms with Crippen molar-refractivity contribution in [1.82, 2.24) is 19.8 Å². The molecule has 35 heavy (non-hydrogen) atoms. The molecule has 4 rings (SSSR count). The van der Waals surface area contributed by atoms with Crippen molar-refractivity contribution >= 4 is 5.91 Å². The zero-order valence-corrected chi connectivity index (χ0v) is 20.4. The molecule has 2 aliphatic rings. The van der Waals surface area contributed by atoms with E-state index >= 15 is 0 Å². The zero-order chi connectivity index (χ0) is 25.0. The zero-order valence-electron chi connectivity index (χ0n) is 20.4. The van der Waals surface area contributed by atoms with Gasteiger partial charge in [0.05, 0.1) is 30.7 Å². The molecule has 0 spiro atoms. The first kappa shape index (κ1) is 25.4. The third-order valence-corrected chi connectivity index (χ3v) is 6.56. The van der Waals surface area contributed by atoms with Crippen LogP contribution in [-0.2, 0) is 0 Å². The van der Waals surface area contributed by atoms with Crippen molar-refractivity contribution in [3.8, 4) is 17.1 Å². The summed E-state index contributed by atoms with van der Waals surface area (Å²) in [6.07, 6.45) is 5.83. The lowest BCUT2D eigenvalue weighted by molar-refractivity contribution is 0.0470. The Balaban J connectivity index is 1.30. The van der Waals surface area contributed by atoms with Crippen molar-refractivity contribution in [2.24, 2.45) is 5.92 Å². The summed E-state index contributed by atoms with van der Waals surface area (Å²) in [5.41, 5.74) is -0.741. The molecule has 9 heteroatoms. The number of hydrogen-bond acceptors (Lipinski definition) is 6. The molecule has 1 N–H and O–H groups in total. The Kier molecular flexibility index (Phi) is 7.96. The third kappa shape index (κ3) is 6.95. The number of ether oxygens (including phenoxy) is 1. The Morgan fingerprint density at radius 1 is 1.17 bits per heavy atom. The molecule has 1 amide bonds. The van der Waals surface area contributed by atoms with Crippen LogP contribution < -0.4 is 4.74 Å². The number of rotatable bonds is 7. The van der Waals surface area contributed by atoms with Crippen LogP contribution in [0.2, 0.25) is 0 Å². The summed E-state index contributed by atoms with van der Waals surface area (Å²) >= 11 is 0. The van der Waals surface area contributed by atoms with Gasteiger partial charge in [0.1, 0.15) is 11.5 Å². The van der Waals surface area contributed by atoms with Crippen LogP contribution in [0.15, 0.2) is 30.6 Å². The molecule has 2 aromatic rings. The molecule has 0 saturated carbocycles. The summed E-state index contributed by atoms with van der Waals surface area (Å²) in [4.78, 5) is 24.9. The van der Waals surface area contributed by atoms with Gasteiger partial charge >= 0.3 is 0 Å². The number of hydrogen-bond donors (Lipinski definition) is 1. The number of likely N-dealkylation sites (tertiary alicyclic amines) is 2. The molecule has 3 heterocycles. The number of aliphatic hydroxyl groups excluding tert-OH is 1. The van der Waals surface area contributed by atoms with Crippen LogP contribution in [0.5, 0.6) is 5.75 Å². The molecule has 2 saturated heterocycles. The fourth-order valence-electron chi connectivity index (χ4n) is 4.73. The van der Waals surface area contributed by atoms with Crippen molar-refractivity contribution in [3.05, 3.63) is 42.0 Å². The van der Waals surface area contributed by atoms with Crippen LogP contribution in [0, 0.1) is 11.7 Å². The fraction of sp³-hybridized carbons (Fsp3) is 0.577. The summed E-state index contributed by atoms with van der Waals surface area (Å²) in [5.74, 6) is 0.215. The van der Waals surface area contributed by atoms with Crippen molar-refractivity contribution in [3.63, 3.8) is 0 Å². The maximum Gasteiger partial charge on any atom is 0.256 e. The molecule has 7 nitrogen and oxygen atoms in total. The molecule has 2 aliphatic heterocycles. The number of piperidine rings is 2. The molecular weight excluding hydrogens is 454 g/mol. The Labute approximate surface area is 205 Å². The van der Waals surface area contributed by atoms with Gasteiger partial charge in [-0.1, -0.05) is 6.07 Å². The lowest BCUT2D eigenvalue weighted by Crippen LogP contribution is -2.42. The SMILES string of the molecule is CC(C)(F)CN1CCC(COc2cnc(-c3ccc(C(=O)N4CCCC(O)C4)c(F)c3)nc2)CC1. The van der Waals surface area contributed by atoms with Crippen LogP contribution in [0.4, 0.5) is 8.78 Å². The van der Waals surface area contributed by atoms with Crippen molar-refractivity contribution in [1.29, 1.82) is 0 Å². The minimum atomic E-state index is -1.18. The third-order valence-electron chi connectivity index (χ3n) is 6.56. The minimum absolute atomic E-state index is 0.0241. The topological polar surface area (TPSA) is 78.8 Å². The molecule has 0 radical (unpaired) electrons. The van der Waals surface area contributed by atoms with Gasteiger partial charge in [-0.3, -0.25) is 4.79 Å². The molecular formula is C26H34F2N4O3. The second-order valence-corrected chi connectivity index (χ2v) is 10.2. The van der Waals surface area contributed by atoms with Gasteiger partial charge in [-0.2, -0.15) is 0 Å². The van der Waals surface area contributed by atoms with Gasteiger partial charge in [0.25, 0.3) is 5.91 Å². The normalized spacial score (nSPS) is 20.1. The quantitative estimate of drug-likeness (QED) is 0.640. The summed E-state index contributed by atoms with van der Waals surface area (Å²) in [6, 6.07) is 4.33. The van der Waals surface area contributed by atoms with E-state index in [4.69, 9.17) is 4.74 Å². The van der Waals surface area contributed by atoms with E-state index < -0.39 is 23.5 Å². The van der Waals surface area contributed by atoms with E-state index in [9.17, 15) is 18.7 Å². The van der Waals surface area contributed by atoms with E-state index in [2.05, 4.69) is 14.9 Å². The van der Waals surface area contributed by atoms with Crippen LogP contribution in [-0.4, -0.2) is 81.9 Å². The largest absolute Gasteiger partial charge is 0.490 e. The van der Waals surface area contributed by atoms with E-state index in [-0.39, 0.29) is 12.1 Å². The highest BCUT2D eigenvalue weighted by atomic mass is 19.1. The second-order valence-electron chi connectivity index (χ2n) is 10.2. The molecule has 1 atom stereocenters. The first-order valence-corrected chi connectivity index (χ1v) is 12.3. The van der Waals surface area contributed by atoms with E-state index in [0.29, 0.717) is 55.6 Å². The van der Waals surface area contributed by atoms with Gasteiger partial charge in [-0.15, -0.1) is 0 Å². The van der Waals surface area contributed by atoms with Gasteiger partial charge in [-0.25, -0.2) is 18.7 Å². The molecule has 0 bridgehead atoms. The number of aromatic nitrogens is 2. The van der Waals surface area contributed by atoms with E-state index in [1.165, 1.54) is 17.0 Å². The second kappa shape index (κ2) is 11.0. The van der Waals surface area contributed by atoms with E-state index in [0.717, 1.165) is 25.9 Å². The van der Waals surface area contributed by atoms with Gasteiger partial charge in [0.2, 0.25) is 0 Å². The van der Waals surface area contributed by atoms with Gasteiger partial charge in [0, 0.05) is 25.2 Å². The lowest BCUT2D eigenvalue weighted by Gasteiger charge is -2.34. The predicted molar refractivity (Wildman–Crippen MR) is 128 cm³/mol. The monoisotopic (exact) mass is 488 g/mol. The average molecular weight is 489 g/mol. The molecule has 1 aromatic heterocycles. The Bertz CT molecular complexity index is 1000. The maximum atomic E-state index is 14.7. The summed E-state index contributed by atoms with van der Waals surface area (Å²) in [5, 5.41) is 9.79. The maximum absolute atomic E-state index is 14.7. The van der Waals surface area contributed by atoms with Gasteiger partial charge in [-0.05, 0) is 70.7 Å². The van der Waals surface area contributed by atoms with Crippen LogP contribution in [0.1, 0.15) is 49.9 Å².